The average molecular weight is 316 g/mol. The first-order valence-electron chi connectivity index (χ1n) is 5.92. The third-order valence-electron chi connectivity index (χ3n) is 4.02. The second kappa shape index (κ2) is 3.76. The zero-order valence-electron chi connectivity index (χ0n) is 9.60. The van der Waals surface area contributed by atoms with Crippen LogP contribution in [0.15, 0.2) is 22.7 Å². The zero-order valence-corrected chi connectivity index (χ0v) is 11.2. The van der Waals surface area contributed by atoms with Gasteiger partial charge in [-0.25, -0.2) is 8.78 Å². The molecule has 0 unspecified atom stereocenters. The fourth-order valence-electron chi connectivity index (χ4n) is 2.92. The van der Waals surface area contributed by atoms with Gasteiger partial charge in [-0.2, -0.15) is 0 Å². The highest BCUT2D eigenvalue weighted by atomic mass is 79.9. The third kappa shape index (κ3) is 1.67. The number of carbonyl (C=O) groups excluding carboxylic acids is 1. The molecule has 1 fully saturated rings. The van der Waals surface area contributed by atoms with Gasteiger partial charge in [0.15, 0.2) is 0 Å². The lowest BCUT2D eigenvalue weighted by molar-refractivity contribution is -0.125. The van der Waals surface area contributed by atoms with E-state index in [0.717, 1.165) is 15.7 Å². The van der Waals surface area contributed by atoms with Crippen molar-refractivity contribution in [2.24, 2.45) is 0 Å². The number of amides is 1. The summed E-state index contributed by atoms with van der Waals surface area (Å²) in [4.78, 5) is 12.2. The van der Waals surface area contributed by atoms with E-state index in [2.05, 4.69) is 21.2 Å². The highest BCUT2D eigenvalue weighted by Crippen LogP contribution is 2.51. The van der Waals surface area contributed by atoms with Crippen molar-refractivity contribution in [3.63, 3.8) is 0 Å². The molecule has 0 atom stereocenters. The molecule has 0 aromatic heterocycles. The molecular weight excluding hydrogens is 304 g/mol. The van der Waals surface area contributed by atoms with Gasteiger partial charge < -0.3 is 5.32 Å². The van der Waals surface area contributed by atoms with E-state index in [4.69, 9.17) is 0 Å². The van der Waals surface area contributed by atoms with E-state index < -0.39 is 11.3 Å². The number of halogens is 3. The fraction of sp³-hybridized carbons (Fsp3) is 0.462. The van der Waals surface area contributed by atoms with Crippen molar-refractivity contribution in [1.82, 2.24) is 0 Å². The van der Waals surface area contributed by atoms with E-state index in [1.165, 1.54) is 0 Å². The Hall–Kier alpha value is -0.970. The highest BCUT2D eigenvalue weighted by Gasteiger charge is 2.52. The van der Waals surface area contributed by atoms with Crippen LogP contribution in [0.4, 0.5) is 14.5 Å². The van der Waals surface area contributed by atoms with E-state index in [1.54, 1.807) is 0 Å². The molecule has 1 heterocycles. The molecule has 18 heavy (non-hydrogen) atoms. The van der Waals surface area contributed by atoms with Crippen LogP contribution in [0.3, 0.4) is 0 Å². The van der Waals surface area contributed by atoms with Gasteiger partial charge in [-0.15, -0.1) is 0 Å². The Balaban J connectivity index is 2.04. The van der Waals surface area contributed by atoms with E-state index in [9.17, 15) is 13.6 Å². The van der Waals surface area contributed by atoms with Crippen molar-refractivity contribution in [2.45, 2.75) is 37.0 Å². The minimum Gasteiger partial charge on any atom is -0.325 e. The summed E-state index contributed by atoms with van der Waals surface area (Å²) in [5, 5.41) is 2.81. The molecule has 1 aromatic carbocycles. The standard InChI is InChI=1S/C13H12BrF2NO/c14-8-1-2-10-9(7-8)12(11(18)17-10)3-5-13(15,16)6-4-12/h1-2,7H,3-6H2,(H,17,18). The van der Waals surface area contributed by atoms with E-state index in [1.807, 2.05) is 18.2 Å². The summed E-state index contributed by atoms with van der Waals surface area (Å²) < 4.78 is 27.4. The number of benzene rings is 1. The molecule has 1 amide bonds. The van der Waals surface area contributed by atoms with Crippen LogP contribution in [0.5, 0.6) is 0 Å². The van der Waals surface area contributed by atoms with Gasteiger partial charge in [-0.3, -0.25) is 4.79 Å². The number of alkyl halides is 2. The Morgan fingerprint density at radius 2 is 1.83 bits per heavy atom. The van der Waals surface area contributed by atoms with Gasteiger partial charge in [0.2, 0.25) is 11.8 Å². The van der Waals surface area contributed by atoms with Crippen molar-refractivity contribution < 1.29 is 13.6 Å². The van der Waals surface area contributed by atoms with Gasteiger partial charge in [0.1, 0.15) is 0 Å². The lowest BCUT2D eigenvalue weighted by Crippen LogP contribution is -2.41. The zero-order chi connectivity index (χ0) is 13.0. The summed E-state index contributed by atoms with van der Waals surface area (Å²) in [7, 11) is 0. The van der Waals surface area contributed by atoms with Crippen molar-refractivity contribution in [3.8, 4) is 0 Å². The SMILES string of the molecule is O=C1Nc2ccc(Br)cc2C12CCC(F)(F)CC2. The maximum absolute atomic E-state index is 13.3. The first kappa shape index (κ1) is 12.1. The predicted molar refractivity (Wildman–Crippen MR) is 67.9 cm³/mol. The summed E-state index contributed by atoms with van der Waals surface area (Å²) >= 11 is 3.37. The number of fused-ring (bicyclic) bond motifs is 2. The topological polar surface area (TPSA) is 29.1 Å². The molecule has 0 radical (unpaired) electrons. The van der Waals surface area contributed by atoms with Crippen LogP contribution in [0, 0.1) is 0 Å². The molecule has 5 heteroatoms. The summed E-state index contributed by atoms with van der Waals surface area (Å²) in [6, 6.07) is 5.53. The molecular formula is C13H12BrF2NO. The van der Waals surface area contributed by atoms with Gasteiger partial charge in [0.25, 0.3) is 0 Å². The van der Waals surface area contributed by atoms with Gasteiger partial charge in [-0.05, 0) is 36.6 Å². The molecule has 1 aliphatic heterocycles. The first-order chi connectivity index (χ1) is 8.43. The second-order valence-electron chi connectivity index (χ2n) is 5.08. The normalized spacial score (nSPS) is 23.8. The van der Waals surface area contributed by atoms with E-state index in [-0.39, 0.29) is 31.6 Å². The molecule has 0 saturated heterocycles. The lowest BCUT2D eigenvalue weighted by atomic mass is 9.69. The minimum atomic E-state index is -2.62. The molecule has 1 aromatic rings. The first-order valence-corrected chi connectivity index (χ1v) is 6.72. The van der Waals surface area contributed by atoms with Crippen LogP contribution in [0.2, 0.25) is 0 Å². The minimum absolute atomic E-state index is 0.133. The summed E-state index contributed by atoms with van der Waals surface area (Å²) in [5.74, 6) is -2.76. The van der Waals surface area contributed by atoms with Gasteiger partial charge >= 0.3 is 0 Å². The number of hydrogen-bond donors (Lipinski definition) is 1. The molecule has 3 rings (SSSR count). The van der Waals surface area contributed by atoms with Gasteiger partial charge in [-0.1, -0.05) is 15.9 Å². The van der Waals surface area contributed by atoms with E-state index in [0.29, 0.717) is 0 Å². The average Bonchev–Trinajstić information content (AvgIpc) is 2.57. The molecule has 96 valence electrons. The third-order valence-corrected chi connectivity index (χ3v) is 4.51. The molecule has 1 aliphatic carbocycles. The van der Waals surface area contributed by atoms with Crippen molar-refractivity contribution in [2.75, 3.05) is 5.32 Å². The summed E-state index contributed by atoms with van der Waals surface area (Å²) in [6.07, 6.45) is 0.00329. The Labute approximate surface area is 112 Å². The Morgan fingerprint density at radius 3 is 2.50 bits per heavy atom. The smallest absolute Gasteiger partial charge is 0.248 e. The number of anilines is 1. The van der Waals surface area contributed by atoms with Crippen LogP contribution < -0.4 is 5.32 Å². The second-order valence-corrected chi connectivity index (χ2v) is 6.00. The number of carbonyl (C=O) groups is 1. The lowest BCUT2D eigenvalue weighted by Gasteiger charge is -2.35. The number of hydrogen-bond acceptors (Lipinski definition) is 1. The van der Waals surface area contributed by atoms with Crippen LogP contribution in [0.1, 0.15) is 31.2 Å². The van der Waals surface area contributed by atoms with Gasteiger partial charge in [0.05, 0.1) is 5.41 Å². The van der Waals surface area contributed by atoms with E-state index >= 15 is 0 Å². The van der Waals surface area contributed by atoms with Crippen LogP contribution in [-0.4, -0.2) is 11.8 Å². The largest absolute Gasteiger partial charge is 0.325 e. The summed E-state index contributed by atoms with van der Waals surface area (Å²) in [5.41, 5.74) is 0.867. The Kier molecular flexibility index (Phi) is 2.52. The van der Waals surface area contributed by atoms with Crippen LogP contribution >= 0.6 is 15.9 Å². The Morgan fingerprint density at radius 1 is 1.17 bits per heavy atom. The molecule has 1 spiro atoms. The molecule has 2 nitrogen and oxygen atoms in total. The molecule has 0 bridgehead atoms. The Bertz CT molecular complexity index is 520. The summed E-state index contributed by atoms with van der Waals surface area (Å²) in [6.45, 7) is 0. The quantitative estimate of drug-likeness (QED) is 0.774. The van der Waals surface area contributed by atoms with Gasteiger partial charge in [0, 0.05) is 23.0 Å². The predicted octanol–water partition coefficient (Wildman–Crippen LogP) is 3.85. The molecule has 2 aliphatic rings. The van der Waals surface area contributed by atoms with Crippen molar-refractivity contribution in [3.05, 3.63) is 28.2 Å². The number of nitrogens with one attached hydrogen (secondary N) is 1. The monoisotopic (exact) mass is 315 g/mol. The maximum atomic E-state index is 13.3. The highest BCUT2D eigenvalue weighted by molar-refractivity contribution is 9.10. The van der Waals surface area contributed by atoms with Crippen LogP contribution in [-0.2, 0) is 10.2 Å². The molecule has 1 N–H and O–H groups in total. The fourth-order valence-corrected chi connectivity index (χ4v) is 3.29. The van der Waals surface area contributed by atoms with Crippen molar-refractivity contribution in [1.29, 1.82) is 0 Å². The number of rotatable bonds is 0. The molecule has 1 saturated carbocycles. The van der Waals surface area contributed by atoms with Crippen LogP contribution in [0.25, 0.3) is 0 Å². The maximum Gasteiger partial charge on any atom is 0.248 e. The van der Waals surface area contributed by atoms with Crippen molar-refractivity contribution >= 4 is 27.5 Å².